The van der Waals surface area contributed by atoms with E-state index in [9.17, 15) is 9.59 Å². The molecular formula is C27H38N4O3S. The number of amides is 2. The van der Waals surface area contributed by atoms with E-state index in [1.165, 1.54) is 19.3 Å². The quantitative estimate of drug-likeness (QED) is 0.661. The Morgan fingerprint density at radius 2 is 1.89 bits per heavy atom. The molecule has 190 valence electrons. The Kier molecular flexibility index (Phi) is 9.68. The summed E-state index contributed by atoms with van der Waals surface area (Å²) in [5.41, 5.74) is 2.64. The third-order valence-corrected chi connectivity index (χ3v) is 7.87. The Bertz CT molecular complexity index is 959. The highest BCUT2D eigenvalue weighted by Gasteiger charge is 2.25. The van der Waals surface area contributed by atoms with E-state index in [0.717, 1.165) is 81.2 Å². The van der Waals surface area contributed by atoms with E-state index in [2.05, 4.69) is 15.2 Å². The summed E-state index contributed by atoms with van der Waals surface area (Å²) in [6, 6.07) is 6.31. The molecule has 1 aromatic heterocycles. The van der Waals surface area contributed by atoms with Gasteiger partial charge in [0.2, 0.25) is 5.91 Å². The molecular weight excluding hydrogens is 460 g/mol. The number of nitrogens with one attached hydrogen (secondary N) is 1. The van der Waals surface area contributed by atoms with Crippen LogP contribution < -0.4 is 10.2 Å². The lowest BCUT2D eigenvalue weighted by atomic mass is 10.0. The van der Waals surface area contributed by atoms with Crippen LogP contribution >= 0.6 is 11.3 Å². The number of rotatable bonds is 5. The molecule has 0 aliphatic carbocycles. The maximum Gasteiger partial charge on any atom is 0.251 e. The van der Waals surface area contributed by atoms with Gasteiger partial charge >= 0.3 is 0 Å². The summed E-state index contributed by atoms with van der Waals surface area (Å²) in [5, 5.41) is 6.01. The van der Waals surface area contributed by atoms with E-state index < -0.39 is 0 Å². The van der Waals surface area contributed by atoms with Crippen LogP contribution in [0.5, 0.6) is 0 Å². The van der Waals surface area contributed by atoms with E-state index in [1.807, 2.05) is 28.5 Å². The molecule has 1 fully saturated rings. The Morgan fingerprint density at radius 1 is 1.11 bits per heavy atom. The third-order valence-electron chi connectivity index (χ3n) is 7.03. The van der Waals surface area contributed by atoms with E-state index in [4.69, 9.17) is 4.74 Å². The second kappa shape index (κ2) is 13.1. The van der Waals surface area contributed by atoms with Gasteiger partial charge in [0.25, 0.3) is 5.91 Å². The van der Waals surface area contributed by atoms with Crippen LogP contribution in [-0.4, -0.2) is 60.6 Å². The van der Waals surface area contributed by atoms with Crippen LogP contribution in [0.3, 0.4) is 0 Å². The highest BCUT2D eigenvalue weighted by molar-refractivity contribution is 7.09. The van der Waals surface area contributed by atoms with Crippen LogP contribution in [0, 0.1) is 0 Å². The van der Waals surface area contributed by atoms with Crippen molar-refractivity contribution in [3.8, 4) is 0 Å². The number of carbonyl (C=O) groups excluding carboxylic acids is 2. The van der Waals surface area contributed by atoms with Crippen molar-refractivity contribution in [2.75, 3.05) is 37.7 Å². The normalized spacial score (nSPS) is 18.8. The minimum Gasteiger partial charge on any atom is -0.381 e. The van der Waals surface area contributed by atoms with Crippen molar-refractivity contribution >= 4 is 28.8 Å². The summed E-state index contributed by atoms with van der Waals surface area (Å²) >= 11 is 1.60. The maximum atomic E-state index is 13.0. The third kappa shape index (κ3) is 7.35. The van der Waals surface area contributed by atoms with Crippen molar-refractivity contribution in [1.82, 2.24) is 15.2 Å². The van der Waals surface area contributed by atoms with Crippen molar-refractivity contribution in [2.45, 2.75) is 70.9 Å². The van der Waals surface area contributed by atoms with Gasteiger partial charge in [0, 0.05) is 75.1 Å². The Hall–Kier alpha value is -2.29. The van der Waals surface area contributed by atoms with Crippen molar-refractivity contribution in [2.24, 2.45) is 0 Å². The number of carbonyl (C=O) groups is 2. The largest absolute Gasteiger partial charge is 0.381 e. The molecule has 0 atom stereocenters. The van der Waals surface area contributed by atoms with Crippen molar-refractivity contribution < 1.29 is 14.3 Å². The number of aromatic nitrogens is 1. The lowest BCUT2D eigenvalue weighted by molar-refractivity contribution is -0.116. The number of hydrogen-bond acceptors (Lipinski definition) is 6. The molecule has 35 heavy (non-hydrogen) atoms. The van der Waals surface area contributed by atoms with E-state index in [1.54, 1.807) is 24.5 Å². The highest BCUT2D eigenvalue weighted by Crippen LogP contribution is 2.28. The van der Waals surface area contributed by atoms with Crippen LogP contribution in [0.4, 0.5) is 5.69 Å². The number of ether oxygens (including phenoxy) is 1. The molecule has 0 spiro atoms. The fourth-order valence-corrected chi connectivity index (χ4v) is 5.72. The van der Waals surface area contributed by atoms with Gasteiger partial charge in [-0.15, -0.1) is 11.3 Å². The number of benzene rings is 1. The Labute approximate surface area is 212 Å². The molecule has 8 heteroatoms. The molecule has 1 N–H and O–H groups in total. The fraction of sp³-hybridized carbons (Fsp3) is 0.593. The monoisotopic (exact) mass is 498 g/mol. The molecule has 1 saturated heterocycles. The van der Waals surface area contributed by atoms with Crippen LogP contribution in [-0.2, 0) is 22.5 Å². The number of thiazole rings is 1. The molecule has 0 bridgehead atoms. The van der Waals surface area contributed by atoms with Crippen LogP contribution in [0.25, 0.3) is 0 Å². The van der Waals surface area contributed by atoms with Crippen LogP contribution in [0.15, 0.2) is 29.8 Å². The molecule has 2 aliphatic rings. The predicted molar refractivity (Wildman–Crippen MR) is 140 cm³/mol. The maximum absolute atomic E-state index is 13.0. The summed E-state index contributed by atoms with van der Waals surface area (Å²) in [6.07, 6.45) is 10.3. The highest BCUT2D eigenvalue weighted by atomic mass is 32.1. The predicted octanol–water partition coefficient (Wildman–Crippen LogP) is 4.41. The number of nitrogens with zero attached hydrogens (tertiary/aromatic N) is 3. The molecule has 4 rings (SSSR count). The van der Waals surface area contributed by atoms with E-state index in [0.29, 0.717) is 18.2 Å². The first kappa shape index (κ1) is 25.8. The lowest BCUT2D eigenvalue weighted by Crippen LogP contribution is -2.40. The first-order valence-electron chi connectivity index (χ1n) is 13.0. The van der Waals surface area contributed by atoms with Gasteiger partial charge in [0.05, 0.1) is 5.01 Å². The van der Waals surface area contributed by atoms with E-state index in [-0.39, 0.29) is 11.8 Å². The van der Waals surface area contributed by atoms with Gasteiger partial charge in [-0.2, -0.15) is 0 Å². The smallest absolute Gasteiger partial charge is 0.251 e. The SMILES string of the molecule is CC(=O)N1CCCCCCCN(C2CCOCC2)Cc2cc(C(=O)NCCc3nccs3)ccc21. The summed E-state index contributed by atoms with van der Waals surface area (Å²) < 4.78 is 5.62. The number of hydrogen-bond donors (Lipinski definition) is 1. The first-order valence-corrected chi connectivity index (χ1v) is 13.9. The molecule has 1 aromatic carbocycles. The minimum absolute atomic E-state index is 0.0570. The molecule has 2 amide bonds. The van der Waals surface area contributed by atoms with Gasteiger partial charge in [0.1, 0.15) is 0 Å². The molecule has 0 radical (unpaired) electrons. The number of fused-ring (bicyclic) bond motifs is 1. The minimum atomic E-state index is -0.0811. The van der Waals surface area contributed by atoms with Gasteiger partial charge in [-0.1, -0.05) is 19.3 Å². The lowest BCUT2D eigenvalue weighted by Gasteiger charge is -2.36. The summed E-state index contributed by atoms with van der Waals surface area (Å²) in [4.78, 5) is 34.4. The van der Waals surface area contributed by atoms with E-state index >= 15 is 0 Å². The first-order chi connectivity index (χ1) is 17.1. The molecule has 3 heterocycles. The average Bonchev–Trinajstić information content (AvgIpc) is 3.38. The summed E-state index contributed by atoms with van der Waals surface area (Å²) in [7, 11) is 0. The topological polar surface area (TPSA) is 74.8 Å². The molecule has 2 aliphatic heterocycles. The van der Waals surface area contributed by atoms with Crippen LogP contribution in [0.1, 0.15) is 72.8 Å². The average molecular weight is 499 g/mol. The van der Waals surface area contributed by atoms with Gasteiger partial charge in [-0.3, -0.25) is 14.5 Å². The fourth-order valence-electron chi connectivity index (χ4n) is 5.10. The van der Waals surface area contributed by atoms with Gasteiger partial charge in [-0.05, 0) is 56.0 Å². The zero-order chi connectivity index (χ0) is 24.5. The van der Waals surface area contributed by atoms with Gasteiger partial charge < -0.3 is 15.0 Å². The molecule has 7 nitrogen and oxygen atoms in total. The van der Waals surface area contributed by atoms with Gasteiger partial charge in [-0.25, -0.2) is 4.98 Å². The van der Waals surface area contributed by atoms with Gasteiger partial charge in [0.15, 0.2) is 0 Å². The molecule has 0 saturated carbocycles. The summed E-state index contributed by atoms with van der Waals surface area (Å²) in [6.45, 7) is 6.30. The second-order valence-electron chi connectivity index (χ2n) is 9.53. The zero-order valence-electron chi connectivity index (χ0n) is 20.8. The Morgan fingerprint density at radius 3 is 2.63 bits per heavy atom. The van der Waals surface area contributed by atoms with Crippen molar-refractivity contribution in [3.05, 3.63) is 45.9 Å². The second-order valence-corrected chi connectivity index (χ2v) is 10.5. The van der Waals surface area contributed by atoms with Crippen LogP contribution in [0.2, 0.25) is 0 Å². The number of anilines is 1. The summed E-state index contributed by atoms with van der Waals surface area (Å²) in [5.74, 6) is -0.0240. The molecule has 0 unspecified atom stereocenters. The van der Waals surface area contributed by atoms with Crippen molar-refractivity contribution in [1.29, 1.82) is 0 Å². The Balaban J connectivity index is 1.58. The standard InChI is InChI=1S/C27H38N4O3S/c1-21(32)31-15-6-4-2-3-5-14-30(24-10-16-34-17-11-24)20-23-19-22(7-8-25(23)31)27(33)29-12-9-26-28-13-18-35-26/h7-8,13,18-19,24H,2-6,9-12,14-17,20H2,1H3,(H,29,33). The zero-order valence-corrected chi connectivity index (χ0v) is 21.7. The molecule has 2 aromatic rings. The van der Waals surface area contributed by atoms with Crippen molar-refractivity contribution in [3.63, 3.8) is 0 Å².